The molecule has 6 heteroatoms. The van der Waals surface area contributed by atoms with E-state index in [9.17, 15) is 14.0 Å². The van der Waals surface area contributed by atoms with Crippen LogP contribution >= 0.6 is 11.6 Å². The molecule has 0 saturated heterocycles. The van der Waals surface area contributed by atoms with Gasteiger partial charge in [-0.3, -0.25) is 9.59 Å². The number of benzene rings is 2. The molecule has 1 N–H and O–H groups in total. The van der Waals surface area contributed by atoms with Gasteiger partial charge in [0.25, 0.3) is 11.5 Å². The van der Waals surface area contributed by atoms with Crippen LogP contribution in [0.5, 0.6) is 0 Å². The van der Waals surface area contributed by atoms with Crippen LogP contribution < -0.4 is 10.9 Å². The summed E-state index contributed by atoms with van der Waals surface area (Å²) in [5.41, 5.74) is 1.29. The molecule has 0 bridgehead atoms. The van der Waals surface area contributed by atoms with Crippen molar-refractivity contribution in [2.45, 2.75) is 6.54 Å². The van der Waals surface area contributed by atoms with Crippen LogP contribution in [-0.4, -0.2) is 10.5 Å². The van der Waals surface area contributed by atoms with Gasteiger partial charge in [-0.1, -0.05) is 23.7 Å². The molecule has 1 aromatic heterocycles. The van der Waals surface area contributed by atoms with E-state index in [2.05, 4.69) is 5.32 Å². The van der Waals surface area contributed by atoms with Crippen LogP contribution in [-0.2, 0) is 6.54 Å². The summed E-state index contributed by atoms with van der Waals surface area (Å²) in [5, 5.41) is 3.30. The van der Waals surface area contributed by atoms with E-state index < -0.39 is 0 Å². The number of carbonyl (C=O) groups is 1. The molecule has 1 amide bonds. The minimum absolute atomic E-state index is 0.179. The van der Waals surface area contributed by atoms with Gasteiger partial charge in [-0.05, 0) is 48.0 Å². The number of pyridine rings is 1. The molecule has 0 saturated carbocycles. The number of anilines is 1. The zero-order valence-corrected chi connectivity index (χ0v) is 13.8. The van der Waals surface area contributed by atoms with E-state index in [1.165, 1.54) is 35.0 Å². The lowest BCUT2D eigenvalue weighted by molar-refractivity contribution is 0.102. The van der Waals surface area contributed by atoms with Gasteiger partial charge in [-0.15, -0.1) is 0 Å². The fraction of sp³-hybridized carbons (Fsp3) is 0.0526. The molecule has 126 valence electrons. The molecule has 0 unspecified atom stereocenters. The molecule has 0 atom stereocenters. The summed E-state index contributed by atoms with van der Waals surface area (Å²) in [4.78, 5) is 24.4. The fourth-order valence-electron chi connectivity index (χ4n) is 2.36. The van der Waals surface area contributed by atoms with Gasteiger partial charge in [-0.25, -0.2) is 4.39 Å². The summed E-state index contributed by atoms with van der Waals surface area (Å²) < 4.78 is 14.7. The number of rotatable bonds is 4. The molecule has 3 rings (SSSR count). The van der Waals surface area contributed by atoms with Crippen LogP contribution in [0.4, 0.5) is 10.1 Å². The topological polar surface area (TPSA) is 51.1 Å². The van der Waals surface area contributed by atoms with Crippen LogP contribution in [0.25, 0.3) is 0 Å². The lowest BCUT2D eigenvalue weighted by Gasteiger charge is -2.09. The Morgan fingerprint density at radius 2 is 1.84 bits per heavy atom. The van der Waals surface area contributed by atoms with Crippen molar-refractivity contribution >= 4 is 23.2 Å². The zero-order valence-electron chi connectivity index (χ0n) is 13.1. The Balaban J connectivity index is 1.82. The smallest absolute Gasteiger partial charge is 0.257 e. The average molecular weight is 357 g/mol. The lowest BCUT2D eigenvalue weighted by atomic mass is 10.2. The van der Waals surface area contributed by atoms with Crippen molar-refractivity contribution in [2.75, 3.05) is 5.32 Å². The van der Waals surface area contributed by atoms with Crippen molar-refractivity contribution in [1.29, 1.82) is 0 Å². The van der Waals surface area contributed by atoms with Crippen molar-refractivity contribution in [3.63, 3.8) is 0 Å². The highest BCUT2D eigenvalue weighted by Gasteiger charge is 2.09. The number of halogens is 2. The molecule has 25 heavy (non-hydrogen) atoms. The summed E-state index contributed by atoms with van der Waals surface area (Å²) in [5.74, 6) is -0.725. The quantitative estimate of drug-likeness (QED) is 0.769. The Labute approximate surface area is 148 Å². The van der Waals surface area contributed by atoms with E-state index in [1.807, 2.05) is 0 Å². The molecule has 2 aromatic carbocycles. The van der Waals surface area contributed by atoms with Gasteiger partial charge in [0, 0.05) is 23.0 Å². The van der Waals surface area contributed by atoms with E-state index in [4.69, 9.17) is 11.6 Å². The van der Waals surface area contributed by atoms with Crippen LogP contribution in [0.15, 0.2) is 71.7 Å². The van der Waals surface area contributed by atoms with Crippen LogP contribution in [0, 0.1) is 5.82 Å². The molecule has 0 aliphatic rings. The van der Waals surface area contributed by atoms with Gasteiger partial charge in [0.1, 0.15) is 5.82 Å². The molecule has 0 spiro atoms. The molecule has 0 aliphatic heterocycles. The third kappa shape index (κ3) is 4.33. The van der Waals surface area contributed by atoms with Crippen molar-refractivity contribution < 1.29 is 9.18 Å². The molecule has 1 heterocycles. The summed E-state index contributed by atoms with van der Waals surface area (Å²) in [6.45, 7) is 0.179. The first kappa shape index (κ1) is 16.9. The van der Waals surface area contributed by atoms with Crippen molar-refractivity contribution in [2.24, 2.45) is 0 Å². The fourth-order valence-corrected chi connectivity index (χ4v) is 2.48. The molecule has 0 aliphatic carbocycles. The maximum Gasteiger partial charge on any atom is 0.257 e. The third-order valence-electron chi connectivity index (χ3n) is 3.59. The SMILES string of the molecule is O=C(Nc1ccc(Cl)cc1)c1ccc(=O)n(Cc2cccc(F)c2)c1. The second-order valence-corrected chi connectivity index (χ2v) is 5.91. The maximum atomic E-state index is 13.3. The normalized spacial score (nSPS) is 10.5. The number of amides is 1. The lowest BCUT2D eigenvalue weighted by Crippen LogP contribution is -2.22. The van der Waals surface area contributed by atoms with E-state index in [-0.39, 0.29) is 23.8 Å². The standard InChI is InChI=1S/C19H14ClFN2O2/c20-15-5-7-17(8-6-15)22-19(25)14-4-9-18(24)23(12-14)11-13-2-1-3-16(21)10-13/h1-10,12H,11H2,(H,22,25). The van der Waals surface area contributed by atoms with E-state index in [1.54, 1.807) is 36.4 Å². The number of carbonyl (C=O) groups excluding carboxylic acids is 1. The van der Waals surface area contributed by atoms with Crippen LogP contribution in [0.1, 0.15) is 15.9 Å². The molecular formula is C19H14ClFN2O2. The van der Waals surface area contributed by atoms with Gasteiger partial charge in [0.15, 0.2) is 0 Å². The van der Waals surface area contributed by atoms with E-state index >= 15 is 0 Å². The predicted octanol–water partition coefficient (Wildman–Crippen LogP) is 3.94. The van der Waals surface area contributed by atoms with Gasteiger partial charge in [0.2, 0.25) is 0 Å². The Bertz CT molecular complexity index is 968. The first-order valence-electron chi connectivity index (χ1n) is 7.53. The van der Waals surface area contributed by atoms with E-state index in [0.717, 1.165) is 0 Å². The highest BCUT2D eigenvalue weighted by atomic mass is 35.5. The monoisotopic (exact) mass is 356 g/mol. The van der Waals surface area contributed by atoms with Crippen LogP contribution in [0.3, 0.4) is 0 Å². The summed E-state index contributed by atoms with van der Waals surface area (Å²) in [7, 11) is 0. The zero-order chi connectivity index (χ0) is 17.8. The Morgan fingerprint density at radius 3 is 2.56 bits per heavy atom. The third-order valence-corrected chi connectivity index (χ3v) is 3.84. The van der Waals surface area contributed by atoms with Crippen molar-refractivity contribution in [1.82, 2.24) is 4.57 Å². The predicted molar refractivity (Wildman–Crippen MR) is 95.6 cm³/mol. The Hall–Kier alpha value is -2.92. The molecule has 0 radical (unpaired) electrons. The summed E-state index contributed by atoms with van der Waals surface area (Å²) in [6, 6.07) is 15.5. The molecular weight excluding hydrogens is 343 g/mol. The first-order valence-corrected chi connectivity index (χ1v) is 7.91. The molecule has 0 fully saturated rings. The van der Waals surface area contributed by atoms with E-state index in [0.29, 0.717) is 21.8 Å². The van der Waals surface area contributed by atoms with Crippen molar-refractivity contribution in [3.8, 4) is 0 Å². The highest BCUT2D eigenvalue weighted by molar-refractivity contribution is 6.30. The van der Waals surface area contributed by atoms with Gasteiger partial charge < -0.3 is 9.88 Å². The van der Waals surface area contributed by atoms with Crippen molar-refractivity contribution in [3.05, 3.63) is 99.2 Å². The average Bonchev–Trinajstić information content (AvgIpc) is 2.59. The number of hydrogen-bond donors (Lipinski definition) is 1. The van der Waals surface area contributed by atoms with Gasteiger partial charge in [0.05, 0.1) is 12.1 Å². The maximum absolute atomic E-state index is 13.3. The second-order valence-electron chi connectivity index (χ2n) is 5.47. The summed E-state index contributed by atoms with van der Waals surface area (Å²) in [6.07, 6.45) is 1.46. The Kier molecular flexibility index (Phi) is 4.95. The Morgan fingerprint density at radius 1 is 1.08 bits per heavy atom. The largest absolute Gasteiger partial charge is 0.322 e. The second kappa shape index (κ2) is 7.32. The number of aromatic nitrogens is 1. The molecule has 4 nitrogen and oxygen atoms in total. The van der Waals surface area contributed by atoms with Gasteiger partial charge >= 0.3 is 0 Å². The summed E-state index contributed by atoms with van der Waals surface area (Å²) >= 11 is 5.81. The number of hydrogen-bond acceptors (Lipinski definition) is 2. The highest BCUT2D eigenvalue weighted by Crippen LogP contribution is 2.14. The minimum Gasteiger partial charge on any atom is -0.322 e. The number of nitrogens with zero attached hydrogens (tertiary/aromatic N) is 1. The number of nitrogens with one attached hydrogen (secondary N) is 1. The first-order chi connectivity index (χ1) is 12.0. The molecule has 3 aromatic rings. The minimum atomic E-state index is -0.373. The van der Waals surface area contributed by atoms with Crippen LogP contribution in [0.2, 0.25) is 5.02 Å². The van der Waals surface area contributed by atoms with Gasteiger partial charge in [-0.2, -0.15) is 0 Å².